The zero-order valence-electron chi connectivity index (χ0n) is 10.5. The SMILES string of the molecule is NC(=O)c1ccccc1NCc1cn(CC(=O)O)nn1. The lowest BCUT2D eigenvalue weighted by Crippen LogP contribution is -2.14. The van der Waals surface area contributed by atoms with Crippen molar-refractivity contribution in [3.05, 3.63) is 41.7 Å². The summed E-state index contributed by atoms with van der Waals surface area (Å²) < 4.78 is 1.22. The number of hydrogen-bond acceptors (Lipinski definition) is 5. The molecule has 0 saturated carbocycles. The Labute approximate surface area is 114 Å². The number of aromatic nitrogens is 3. The summed E-state index contributed by atoms with van der Waals surface area (Å²) in [5.74, 6) is -1.52. The molecule has 1 aromatic carbocycles. The number of nitrogens with zero attached hydrogens (tertiary/aromatic N) is 3. The first-order valence-electron chi connectivity index (χ1n) is 5.80. The number of anilines is 1. The molecule has 0 aliphatic rings. The third-order valence-electron chi connectivity index (χ3n) is 2.54. The Balaban J connectivity index is 2.04. The van der Waals surface area contributed by atoms with Gasteiger partial charge in [0.2, 0.25) is 0 Å². The molecule has 8 nitrogen and oxygen atoms in total. The Kier molecular flexibility index (Phi) is 3.94. The molecule has 104 valence electrons. The summed E-state index contributed by atoms with van der Waals surface area (Å²) in [5.41, 5.74) is 6.80. The Morgan fingerprint density at radius 2 is 2.10 bits per heavy atom. The van der Waals surface area contributed by atoms with Gasteiger partial charge in [-0.1, -0.05) is 17.3 Å². The van der Waals surface area contributed by atoms with Crippen LogP contribution in [-0.4, -0.2) is 32.0 Å². The quantitative estimate of drug-likeness (QED) is 0.685. The van der Waals surface area contributed by atoms with Crippen molar-refractivity contribution in [2.75, 3.05) is 5.32 Å². The second-order valence-corrected chi connectivity index (χ2v) is 4.06. The van der Waals surface area contributed by atoms with Crippen molar-refractivity contribution in [1.82, 2.24) is 15.0 Å². The number of amides is 1. The van der Waals surface area contributed by atoms with E-state index in [4.69, 9.17) is 10.8 Å². The number of primary amides is 1. The molecule has 1 amide bonds. The van der Waals surface area contributed by atoms with Crippen molar-refractivity contribution in [2.45, 2.75) is 13.1 Å². The molecule has 1 aromatic heterocycles. The largest absolute Gasteiger partial charge is 0.480 e. The van der Waals surface area contributed by atoms with Crippen molar-refractivity contribution < 1.29 is 14.7 Å². The maximum Gasteiger partial charge on any atom is 0.325 e. The standard InChI is InChI=1S/C12H13N5O3/c13-12(20)9-3-1-2-4-10(9)14-5-8-6-17(16-15-8)7-11(18)19/h1-4,6,14H,5,7H2,(H2,13,20)(H,18,19). The molecular weight excluding hydrogens is 262 g/mol. The fourth-order valence-corrected chi connectivity index (χ4v) is 1.67. The van der Waals surface area contributed by atoms with Crippen LogP contribution in [-0.2, 0) is 17.9 Å². The van der Waals surface area contributed by atoms with Gasteiger partial charge in [0.25, 0.3) is 5.91 Å². The van der Waals surface area contributed by atoms with Crippen molar-refractivity contribution in [3.8, 4) is 0 Å². The van der Waals surface area contributed by atoms with E-state index in [-0.39, 0.29) is 6.54 Å². The molecule has 1 heterocycles. The molecule has 0 saturated heterocycles. The van der Waals surface area contributed by atoms with Crippen LogP contribution >= 0.6 is 0 Å². The van der Waals surface area contributed by atoms with E-state index < -0.39 is 11.9 Å². The summed E-state index contributed by atoms with van der Waals surface area (Å²) in [6.45, 7) is 0.0643. The second-order valence-electron chi connectivity index (χ2n) is 4.06. The molecule has 0 atom stereocenters. The van der Waals surface area contributed by atoms with Gasteiger partial charge < -0.3 is 16.2 Å². The minimum Gasteiger partial charge on any atom is -0.480 e. The van der Waals surface area contributed by atoms with Gasteiger partial charge in [-0.05, 0) is 12.1 Å². The molecule has 0 radical (unpaired) electrons. The van der Waals surface area contributed by atoms with Crippen LogP contribution in [0.5, 0.6) is 0 Å². The predicted octanol–water partition coefficient (Wildman–Crippen LogP) is 0.0737. The van der Waals surface area contributed by atoms with Crippen LogP contribution in [0.4, 0.5) is 5.69 Å². The second kappa shape index (κ2) is 5.83. The van der Waals surface area contributed by atoms with Gasteiger partial charge in [-0.15, -0.1) is 5.10 Å². The van der Waals surface area contributed by atoms with Gasteiger partial charge in [-0.25, -0.2) is 4.68 Å². The molecule has 0 aliphatic carbocycles. The van der Waals surface area contributed by atoms with Crippen LogP contribution in [0.25, 0.3) is 0 Å². The smallest absolute Gasteiger partial charge is 0.325 e. The molecule has 20 heavy (non-hydrogen) atoms. The molecule has 2 aromatic rings. The van der Waals surface area contributed by atoms with Crippen LogP contribution < -0.4 is 11.1 Å². The Hall–Kier alpha value is -2.90. The van der Waals surface area contributed by atoms with E-state index in [1.54, 1.807) is 24.3 Å². The number of rotatable bonds is 6. The lowest BCUT2D eigenvalue weighted by molar-refractivity contribution is -0.137. The normalized spacial score (nSPS) is 10.2. The van der Waals surface area contributed by atoms with Gasteiger partial charge in [0.15, 0.2) is 0 Å². The highest BCUT2D eigenvalue weighted by Gasteiger charge is 2.08. The zero-order chi connectivity index (χ0) is 14.5. The summed E-state index contributed by atoms with van der Waals surface area (Å²) >= 11 is 0. The molecule has 8 heteroatoms. The lowest BCUT2D eigenvalue weighted by atomic mass is 10.1. The molecule has 0 fully saturated rings. The Morgan fingerprint density at radius 3 is 2.80 bits per heavy atom. The van der Waals surface area contributed by atoms with Gasteiger partial charge >= 0.3 is 5.97 Å². The van der Waals surface area contributed by atoms with Gasteiger partial charge in [0.05, 0.1) is 18.3 Å². The average molecular weight is 275 g/mol. The molecular formula is C12H13N5O3. The molecule has 4 N–H and O–H groups in total. The number of para-hydroxylation sites is 1. The third-order valence-corrected chi connectivity index (χ3v) is 2.54. The van der Waals surface area contributed by atoms with Crippen molar-refractivity contribution >= 4 is 17.6 Å². The van der Waals surface area contributed by atoms with Crippen LogP contribution in [0, 0.1) is 0 Å². The number of carbonyl (C=O) groups excluding carboxylic acids is 1. The summed E-state index contributed by atoms with van der Waals surface area (Å²) in [5, 5.41) is 19.1. The number of benzene rings is 1. The van der Waals surface area contributed by atoms with Gasteiger partial charge in [-0.3, -0.25) is 9.59 Å². The van der Waals surface area contributed by atoms with Gasteiger partial charge in [0.1, 0.15) is 12.2 Å². The fourth-order valence-electron chi connectivity index (χ4n) is 1.67. The van der Waals surface area contributed by atoms with E-state index in [1.165, 1.54) is 10.9 Å². The first kappa shape index (κ1) is 13.5. The number of carbonyl (C=O) groups is 2. The van der Waals surface area contributed by atoms with E-state index >= 15 is 0 Å². The van der Waals surface area contributed by atoms with E-state index in [1.807, 2.05) is 0 Å². The van der Waals surface area contributed by atoms with Crippen molar-refractivity contribution in [3.63, 3.8) is 0 Å². The molecule has 0 bridgehead atoms. The van der Waals surface area contributed by atoms with Crippen LogP contribution in [0.3, 0.4) is 0 Å². The molecule has 0 aliphatic heterocycles. The minimum atomic E-state index is -0.992. The average Bonchev–Trinajstić information content (AvgIpc) is 2.83. The number of nitrogens with one attached hydrogen (secondary N) is 1. The lowest BCUT2D eigenvalue weighted by Gasteiger charge is -2.07. The van der Waals surface area contributed by atoms with Crippen LogP contribution in [0.2, 0.25) is 0 Å². The van der Waals surface area contributed by atoms with Gasteiger partial charge in [0, 0.05) is 5.69 Å². The molecule has 0 spiro atoms. The number of nitrogens with two attached hydrogens (primary N) is 1. The van der Waals surface area contributed by atoms with E-state index in [0.717, 1.165) is 0 Å². The highest BCUT2D eigenvalue weighted by atomic mass is 16.4. The van der Waals surface area contributed by atoms with E-state index in [0.29, 0.717) is 23.5 Å². The number of hydrogen-bond donors (Lipinski definition) is 3. The summed E-state index contributed by atoms with van der Waals surface area (Å²) in [7, 11) is 0. The molecule has 2 rings (SSSR count). The predicted molar refractivity (Wildman–Crippen MR) is 69.9 cm³/mol. The Morgan fingerprint density at radius 1 is 1.35 bits per heavy atom. The highest BCUT2D eigenvalue weighted by Crippen LogP contribution is 2.14. The summed E-state index contributed by atoms with van der Waals surface area (Å²) in [4.78, 5) is 21.8. The van der Waals surface area contributed by atoms with E-state index in [2.05, 4.69) is 15.6 Å². The Bertz CT molecular complexity index is 638. The number of aliphatic carboxylic acids is 1. The topological polar surface area (TPSA) is 123 Å². The van der Waals surface area contributed by atoms with Crippen LogP contribution in [0.1, 0.15) is 16.1 Å². The summed E-state index contributed by atoms with van der Waals surface area (Å²) in [6.07, 6.45) is 1.52. The molecule has 0 unspecified atom stereocenters. The van der Waals surface area contributed by atoms with Crippen molar-refractivity contribution in [2.24, 2.45) is 5.73 Å². The summed E-state index contributed by atoms with van der Waals surface area (Å²) in [6, 6.07) is 6.83. The maximum absolute atomic E-state index is 11.2. The first-order valence-corrected chi connectivity index (χ1v) is 5.80. The first-order chi connectivity index (χ1) is 9.56. The van der Waals surface area contributed by atoms with Crippen molar-refractivity contribution in [1.29, 1.82) is 0 Å². The highest BCUT2D eigenvalue weighted by molar-refractivity contribution is 5.98. The monoisotopic (exact) mass is 275 g/mol. The minimum absolute atomic E-state index is 0.245. The van der Waals surface area contributed by atoms with Crippen LogP contribution in [0.15, 0.2) is 30.5 Å². The van der Waals surface area contributed by atoms with Gasteiger partial charge in [-0.2, -0.15) is 0 Å². The fraction of sp³-hybridized carbons (Fsp3) is 0.167. The number of carboxylic acid groups (broad SMARTS) is 1. The third kappa shape index (κ3) is 3.31. The maximum atomic E-state index is 11.2. The zero-order valence-corrected chi connectivity index (χ0v) is 10.5. The van der Waals surface area contributed by atoms with E-state index in [9.17, 15) is 9.59 Å². The number of carboxylic acids is 1.